The lowest BCUT2D eigenvalue weighted by Crippen LogP contribution is -2.11. The molecule has 0 N–H and O–H groups in total. The fraction of sp³-hybridized carbons (Fsp3) is 0.286. The minimum Gasteiger partial charge on any atom is -0.460 e. The summed E-state index contributed by atoms with van der Waals surface area (Å²) in [6.07, 6.45) is 0. The molecule has 2 aromatic rings. The van der Waals surface area contributed by atoms with Crippen LogP contribution in [-0.4, -0.2) is 12.6 Å². The van der Waals surface area contributed by atoms with Crippen LogP contribution in [0.5, 0.6) is 0 Å². The van der Waals surface area contributed by atoms with Crippen LogP contribution in [0.2, 0.25) is 0 Å². The van der Waals surface area contributed by atoms with Crippen molar-refractivity contribution in [3.8, 4) is 0 Å². The number of benzene rings is 1. The Kier molecular flexibility index (Phi) is 3.19. The van der Waals surface area contributed by atoms with Crippen molar-refractivity contribution in [2.24, 2.45) is 0 Å². The molecule has 1 heterocycles. The van der Waals surface area contributed by atoms with E-state index >= 15 is 0 Å². The van der Waals surface area contributed by atoms with Gasteiger partial charge in [0.05, 0.1) is 12.0 Å². The molecule has 0 aliphatic carbocycles. The summed E-state index contributed by atoms with van der Waals surface area (Å²) in [6.45, 7) is 5.61. The van der Waals surface area contributed by atoms with Gasteiger partial charge in [-0.25, -0.2) is 4.79 Å². The van der Waals surface area contributed by atoms with Gasteiger partial charge in [0.2, 0.25) is 5.76 Å². The van der Waals surface area contributed by atoms with Gasteiger partial charge < -0.3 is 9.15 Å². The number of carbonyl (C=O) groups excluding carboxylic acids is 1. The Morgan fingerprint density at radius 3 is 2.61 bits per heavy atom. The van der Waals surface area contributed by atoms with E-state index in [-0.39, 0.29) is 17.8 Å². The molecule has 0 fully saturated rings. The zero-order chi connectivity index (χ0) is 13.3. The van der Waals surface area contributed by atoms with Crippen LogP contribution in [0.4, 0.5) is 0 Å². The fourth-order valence-electron chi connectivity index (χ4n) is 1.86. The molecule has 1 aromatic carbocycles. The van der Waals surface area contributed by atoms with Crippen LogP contribution in [-0.2, 0) is 4.74 Å². The fourth-order valence-corrected chi connectivity index (χ4v) is 1.86. The molecule has 0 spiro atoms. The SMILES string of the molecule is CCOC(=O)c1cc(=O)c2c(C)ccc(C)c2o1. The summed E-state index contributed by atoms with van der Waals surface area (Å²) >= 11 is 0. The predicted molar refractivity (Wildman–Crippen MR) is 67.9 cm³/mol. The van der Waals surface area contributed by atoms with Crippen molar-refractivity contribution in [3.05, 3.63) is 45.3 Å². The zero-order valence-corrected chi connectivity index (χ0v) is 10.6. The number of hydrogen-bond acceptors (Lipinski definition) is 4. The Bertz CT molecular complexity index is 667. The van der Waals surface area contributed by atoms with E-state index in [1.54, 1.807) is 6.92 Å². The van der Waals surface area contributed by atoms with Crippen molar-refractivity contribution in [1.82, 2.24) is 0 Å². The van der Waals surface area contributed by atoms with Gasteiger partial charge in [-0.05, 0) is 31.9 Å². The monoisotopic (exact) mass is 246 g/mol. The number of ether oxygens (including phenoxy) is 1. The van der Waals surface area contributed by atoms with Crippen LogP contribution in [0, 0.1) is 13.8 Å². The topological polar surface area (TPSA) is 56.5 Å². The maximum Gasteiger partial charge on any atom is 0.374 e. The molecule has 0 atom stereocenters. The van der Waals surface area contributed by atoms with Crippen LogP contribution in [0.1, 0.15) is 28.6 Å². The lowest BCUT2D eigenvalue weighted by molar-refractivity contribution is 0.0490. The summed E-state index contributed by atoms with van der Waals surface area (Å²) in [7, 11) is 0. The molecule has 0 saturated heterocycles. The van der Waals surface area contributed by atoms with Crippen LogP contribution in [0.3, 0.4) is 0 Å². The van der Waals surface area contributed by atoms with E-state index in [2.05, 4.69) is 0 Å². The molecule has 0 aliphatic heterocycles. The van der Waals surface area contributed by atoms with Crippen LogP contribution in [0.25, 0.3) is 11.0 Å². The van der Waals surface area contributed by atoms with E-state index in [0.29, 0.717) is 11.0 Å². The normalized spacial score (nSPS) is 10.6. The third-order valence-electron chi connectivity index (χ3n) is 2.76. The summed E-state index contributed by atoms with van der Waals surface area (Å²) in [4.78, 5) is 23.6. The zero-order valence-electron chi connectivity index (χ0n) is 10.6. The number of hydrogen-bond donors (Lipinski definition) is 0. The van der Waals surface area contributed by atoms with Gasteiger partial charge in [0.15, 0.2) is 5.43 Å². The molecule has 4 heteroatoms. The van der Waals surface area contributed by atoms with Crippen molar-refractivity contribution < 1.29 is 13.9 Å². The summed E-state index contributed by atoms with van der Waals surface area (Å²) in [6, 6.07) is 4.90. The first-order valence-corrected chi connectivity index (χ1v) is 5.75. The smallest absolute Gasteiger partial charge is 0.374 e. The second-order valence-corrected chi connectivity index (χ2v) is 4.10. The summed E-state index contributed by atoms with van der Waals surface area (Å²) in [5, 5.41) is 0.517. The van der Waals surface area contributed by atoms with E-state index in [0.717, 1.165) is 11.1 Å². The standard InChI is InChI=1S/C14H14O4/c1-4-17-14(16)11-7-10(15)12-8(2)5-6-9(3)13(12)18-11/h5-7H,4H2,1-3H3. The van der Waals surface area contributed by atoms with Crippen molar-refractivity contribution in [1.29, 1.82) is 0 Å². The molecule has 1 aromatic heterocycles. The minimum atomic E-state index is -0.614. The highest BCUT2D eigenvalue weighted by atomic mass is 16.5. The van der Waals surface area contributed by atoms with Crippen molar-refractivity contribution in [3.63, 3.8) is 0 Å². The quantitative estimate of drug-likeness (QED) is 0.764. The average molecular weight is 246 g/mol. The van der Waals surface area contributed by atoms with E-state index in [4.69, 9.17) is 9.15 Å². The Hall–Kier alpha value is -2.10. The highest BCUT2D eigenvalue weighted by Crippen LogP contribution is 2.20. The van der Waals surface area contributed by atoms with Gasteiger partial charge in [-0.1, -0.05) is 12.1 Å². The molecule has 18 heavy (non-hydrogen) atoms. The van der Waals surface area contributed by atoms with Crippen LogP contribution in [0.15, 0.2) is 27.4 Å². The number of esters is 1. The van der Waals surface area contributed by atoms with Crippen molar-refractivity contribution in [2.45, 2.75) is 20.8 Å². The van der Waals surface area contributed by atoms with Crippen LogP contribution < -0.4 is 5.43 Å². The van der Waals surface area contributed by atoms with E-state index < -0.39 is 5.97 Å². The summed E-state index contributed by atoms with van der Waals surface area (Å²) in [5.74, 6) is -0.666. The molecule has 0 amide bonds. The molecule has 0 unspecified atom stereocenters. The van der Waals surface area contributed by atoms with Crippen LogP contribution >= 0.6 is 0 Å². The Balaban J connectivity index is 2.73. The highest BCUT2D eigenvalue weighted by Gasteiger charge is 2.15. The number of aryl methyl sites for hydroxylation is 2. The average Bonchev–Trinajstić information content (AvgIpc) is 2.33. The first-order valence-electron chi connectivity index (χ1n) is 5.75. The van der Waals surface area contributed by atoms with Crippen molar-refractivity contribution in [2.75, 3.05) is 6.61 Å². The third kappa shape index (κ3) is 2.01. The maximum absolute atomic E-state index is 12.0. The Morgan fingerprint density at radius 2 is 1.94 bits per heavy atom. The second-order valence-electron chi connectivity index (χ2n) is 4.10. The number of carbonyl (C=O) groups is 1. The molecule has 0 saturated carbocycles. The Morgan fingerprint density at radius 1 is 1.28 bits per heavy atom. The largest absolute Gasteiger partial charge is 0.460 e. The summed E-state index contributed by atoms with van der Waals surface area (Å²) < 4.78 is 10.3. The van der Waals surface area contributed by atoms with Gasteiger partial charge in [-0.15, -0.1) is 0 Å². The third-order valence-corrected chi connectivity index (χ3v) is 2.76. The molecule has 4 nitrogen and oxygen atoms in total. The maximum atomic E-state index is 12.0. The lowest BCUT2D eigenvalue weighted by atomic mass is 10.1. The summed E-state index contributed by atoms with van der Waals surface area (Å²) in [5.41, 5.74) is 1.88. The lowest BCUT2D eigenvalue weighted by Gasteiger charge is -2.06. The molecule has 2 rings (SSSR count). The van der Waals surface area contributed by atoms with Crippen molar-refractivity contribution >= 4 is 16.9 Å². The Labute approximate surface area is 104 Å². The van der Waals surface area contributed by atoms with Gasteiger partial charge in [-0.2, -0.15) is 0 Å². The van der Waals surface area contributed by atoms with Gasteiger partial charge in [0.25, 0.3) is 0 Å². The van der Waals surface area contributed by atoms with Gasteiger partial charge in [0, 0.05) is 6.07 Å². The van der Waals surface area contributed by atoms with E-state index in [1.165, 1.54) is 6.07 Å². The van der Waals surface area contributed by atoms with Gasteiger partial charge >= 0.3 is 5.97 Å². The van der Waals surface area contributed by atoms with E-state index in [1.807, 2.05) is 26.0 Å². The second kappa shape index (κ2) is 4.64. The molecule has 0 bridgehead atoms. The van der Waals surface area contributed by atoms with E-state index in [9.17, 15) is 9.59 Å². The van der Waals surface area contributed by atoms with Gasteiger partial charge in [0.1, 0.15) is 5.58 Å². The first-order chi connectivity index (χ1) is 8.54. The molecule has 94 valence electrons. The molecule has 0 radical (unpaired) electrons. The number of fused-ring (bicyclic) bond motifs is 1. The van der Waals surface area contributed by atoms with Gasteiger partial charge in [-0.3, -0.25) is 4.79 Å². The molecular formula is C14H14O4. The molecular weight excluding hydrogens is 232 g/mol. The number of rotatable bonds is 2. The molecule has 0 aliphatic rings. The predicted octanol–water partition coefficient (Wildman–Crippen LogP) is 2.59. The minimum absolute atomic E-state index is 0.0527. The highest BCUT2D eigenvalue weighted by molar-refractivity contribution is 5.90. The first kappa shape index (κ1) is 12.4.